The first-order valence-corrected chi connectivity index (χ1v) is 10.0. The molecule has 3 nitrogen and oxygen atoms in total. The van der Waals surface area contributed by atoms with Crippen LogP contribution in [0.4, 0.5) is 18.9 Å². The Morgan fingerprint density at radius 3 is 2.41 bits per heavy atom. The summed E-state index contributed by atoms with van der Waals surface area (Å²) in [7, 11) is 0. The van der Waals surface area contributed by atoms with Gasteiger partial charge in [0.15, 0.2) is 0 Å². The lowest BCUT2D eigenvalue weighted by molar-refractivity contribution is -0.139. The van der Waals surface area contributed by atoms with Crippen molar-refractivity contribution in [2.45, 2.75) is 44.2 Å². The number of ether oxygens (including phenoxy) is 1. The number of rotatable bonds is 5. The summed E-state index contributed by atoms with van der Waals surface area (Å²) in [4.78, 5) is 13.2. The summed E-state index contributed by atoms with van der Waals surface area (Å²) in [6, 6.07) is 8.48. The van der Waals surface area contributed by atoms with Crippen molar-refractivity contribution in [2.24, 2.45) is 0 Å². The van der Waals surface area contributed by atoms with Crippen molar-refractivity contribution in [3.63, 3.8) is 0 Å². The minimum Gasteiger partial charge on any atom is -0.493 e. The molecule has 156 valence electrons. The van der Waals surface area contributed by atoms with E-state index < -0.39 is 17.2 Å². The zero-order valence-corrected chi connectivity index (χ0v) is 17.2. The molecule has 8 heteroatoms. The van der Waals surface area contributed by atoms with Gasteiger partial charge in [0.2, 0.25) is 5.91 Å². The van der Waals surface area contributed by atoms with E-state index >= 15 is 0 Å². The van der Waals surface area contributed by atoms with Crippen LogP contribution in [0.1, 0.15) is 43.7 Å². The molecular weight excluding hydrogens is 426 g/mol. The highest BCUT2D eigenvalue weighted by molar-refractivity contribution is 6.35. The molecule has 0 atom stereocenters. The van der Waals surface area contributed by atoms with Crippen molar-refractivity contribution in [3.05, 3.63) is 57.6 Å². The fraction of sp³-hybridized carbons (Fsp3) is 0.381. The number of nitrogens with one attached hydrogen (secondary N) is 1. The topological polar surface area (TPSA) is 38.3 Å². The van der Waals surface area contributed by atoms with Crippen LogP contribution in [0.15, 0.2) is 36.4 Å². The summed E-state index contributed by atoms with van der Waals surface area (Å²) in [6.07, 6.45) is -1.84. The van der Waals surface area contributed by atoms with Gasteiger partial charge in [-0.15, -0.1) is 0 Å². The van der Waals surface area contributed by atoms with Gasteiger partial charge in [0.1, 0.15) is 5.75 Å². The number of carbonyl (C=O) groups is 1. The molecule has 0 bridgehead atoms. The maximum atomic E-state index is 13.4. The Morgan fingerprint density at radius 1 is 1.14 bits per heavy atom. The fourth-order valence-electron chi connectivity index (χ4n) is 3.84. The molecule has 2 aromatic carbocycles. The highest BCUT2D eigenvalue weighted by atomic mass is 35.5. The number of benzene rings is 2. The number of carbonyl (C=O) groups excluding carboxylic acids is 1. The van der Waals surface area contributed by atoms with Crippen LogP contribution in [0, 0.1) is 0 Å². The quantitative estimate of drug-likeness (QED) is 0.545. The van der Waals surface area contributed by atoms with Crippen molar-refractivity contribution >= 4 is 34.8 Å². The second-order valence-electron chi connectivity index (χ2n) is 7.01. The van der Waals surface area contributed by atoms with Crippen LogP contribution in [0.25, 0.3) is 0 Å². The van der Waals surface area contributed by atoms with Gasteiger partial charge in [-0.3, -0.25) is 4.79 Å². The molecule has 1 amide bonds. The average molecular weight is 446 g/mol. The van der Waals surface area contributed by atoms with E-state index in [1.165, 1.54) is 12.1 Å². The number of anilines is 1. The lowest BCUT2D eigenvalue weighted by Gasteiger charge is -2.29. The third-order valence-corrected chi connectivity index (χ3v) is 5.73. The molecule has 1 N–H and O–H groups in total. The maximum absolute atomic E-state index is 13.4. The SMILES string of the molecule is CCOc1ccc(NC(=O)C2(c3ccc(Cl)cc3Cl)CCCC2)cc1C(F)(F)F. The molecule has 0 aromatic heterocycles. The lowest BCUT2D eigenvalue weighted by Crippen LogP contribution is -2.38. The fourth-order valence-corrected chi connectivity index (χ4v) is 4.43. The van der Waals surface area contributed by atoms with Gasteiger partial charge < -0.3 is 10.1 Å². The molecule has 0 radical (unpaired) electrons. The van der Waals surface area contributed by atoms with Crippen LogP contribution in [0.3, 0.4) is 0 Å². The van der Waals surface area contributed by atoms with Crippen molar-refractivity contribution in [2.75, 3.05) is 11.9 Å². The Kier molecular flexibility index (Phi) is 6.34. The maximum Gasteiger partial charge on any atom is 0.420 e. The third kappa shape index (κ3) is 4.48. The van der Waals surface area contributed by atoms with Crippen molar-refractivity contribution in [1.29, 1.82) is 0 Å². The predicted molar refractivity (Wildman–Crippen MR) is 108 cm³/mol. The summed E-state index contributed by atoms with van der Waals surface area (Å²) in [6.45, 7) is 1.71. The van der Waals surface area contributed by atoms with Gasteiger partial charge >= 0.3 is 6.18 Å². The molecule has 0 aliphatic heterocycles. The van der Waals surface area contributed by atoms with E-state index in [0.717, 1.165) is 18.9 Å². The molecule has 1 fully saturated rings. The van der Waals surface area contributed by atoms with Gasteiger partial charge in [0.05, 0.1) is 17.6 Å². The van der Waals surface area contributed by atoms with Gasteiger partial charge in [-0.05, 0) is 55.7 Å². The second kappa shape index (κ2) is 8.44. The molecule has 0 heterocycles. The minimum absolute atomic E-state index is 0.0575. The Morgan fingerprint density at radius 2 is 1.83 bits per heavy atom. The standard InChI is InChI=1S/C21H20Cl2F3NO2/c1-2-29-18-8-6-14(12-16(18)21(24,25)26)27-19(28)20(9-3-4-10-20)15-7-5-13(22)11-17(15)23/h5-8,11-12H,2-4,9-10H2,1H3,(H,27,28). The molecular formula is C21H20Cl2F3NO2. The van der Waals surface area contributed by atoms with Crippen LogP contribution < -0.4 is 10.1 Å². The summed E-state index contributed by atoms with van der Waals surface area (Å²) in [5.74, 6) is -0.647. The smallest absolute Gasteiger partial charge is 0.420 e. The van der Waals surface area contributed by atoms with Gasteiger partial charge in [-0.25, -0.2) is 0 Å². The Hall–Kier alpha value is -1.92. The minimum atomic E-state index is -4.60. The number of amides is 1. The largest absolute Gasteiger partial charge is 0.493 e. The summed E-state index contributed by atoms with van der Waals surface area (Å²) >= 11 is 12.3. The number of hydrogen-bond acceptors (Lipinski definition) is 2. The van der Waals surface area contributed by atoms with E-state index in [2.05, 4.69) is 5.32 Å². The van der Waals surface area contributed by atoms with Gasteiger partial charge in [-0.1, -0.05) is 42.1 Å². The van der Waals surface area contributed by atoms with Crippen LogP contribution >= 0.6 is 23.2 Å². The first kappa shape index (κ1) is 21.8. The monoisotopic (exact) mass is 445 g/mol. The molecule has 0 saturated heterocycles. The Labute approximate surface area is 177 Å². The zero-order valence-electron chi connectivity index (χ0n) is 15.7. The zero-order chi connectivity index (χ0) is 21.2. The van der Waals surface area contributed by atoms with Crippen LogP contribution in [0.2, 0.25) is 10.0 Å². The van der Waals surface area contributed by atoms with E-state index in [4.69, 9.17) is 27.9 Å². The second-order valence-corrected chi connectivity index (χ2v) is 7.85. The lowest BCUT2D eigenvalue weighted by atomic mass is 9.78. The van der Waals surface area contributed by atoms with E-state index in [1.54, 1.807) is 25.1 Å². The highest BCUT2D eigenvalue weighted by Gasteiger charge is 2.44. The average Bonchev–Trinajstić information content (AvgIpc) is 3.13. The highest BCUT2D eigenvalue weighted by Crippen LogP contribution is 2.45. The summed E-state index contributed by atoms with van der Waals surface area (Å²) in [5, 5.41) is 3.49. The van der Waals surface area contributed by atoms with E-state index in [9.17, 15) is 18.0 Å². The van der Waals surface area contributed by atoms with Crippen LogP contribution in [0.5, 0.6) is 5.75 Å². The molecule has 1 aliphatic rings. The van der Waals surface area contributed by atoms with Crippen LogP contribution in [-0.4, -0.2) is 12.5 Å². The Bertz CT molecular complexity index is 909. The summed E-state index contributed by atoms with van der Waals surface area (Å²) < 4.78 is 45.3. The van der Waals surface area contributed by atoms with Gasteiger partial charge in [0, 0.05) is 15.7 Å². The van der Waals surface area contributed by atoms with E-state index in [0.29, 0.717) is 28.5 Å². The van der Waals surface area contributed by atoms with Crippen molar-refractivity contribution < 1.29 is 22.7 Å². The van der Waals surface area contributed by atoms with E-state index in [1.807, 2.05) is 0 Å². The van der Waals surface area contributed by atoms with Crippen molar-refractivity contribution in [1.82, 2.24) is 0 Å². The molecule has 2 aromatic rings. The number of halogens is 5. The van der Waals surface area contributed by atoms with Gasteiger partial charge in [-0.2, -0.15) is 13.2 Å². The molecule has 3 rings (SSSR count). The molecule has 0 unspecified atom stereocenters. The van der Waals surface area contributed by atoms with E-state index in [-0.39, 0.29) is 24.0 Å². The molecule has 1 aliphatic carbocycles. The summed E-state index contributed by atoms with van der Waals surface area (Å²) in [5.41, 5.74) is -1.14. The van der Waals surface area contributed by atoms with Gasteiger partial charge in [0.25, 0.3) is 0 Å². The number of hydrogen-bond donors (Lipinski definition) is 1. The number of alkyl halides is 3. The predicted octanol–water partition coefficient (Wildman–Crippen LogP) is 6.86. The third-order valence-electron chi connectivity index (χ3n) is 5.18. The van der Waals surface area contributed by atoms with Crippen molar-refractivity contribution in [3.8, 4) is 5.75 Å². The first-order chi connectivity index (χ1) is 13.7. The molecule has 1 saturated carbocycles. The normalized spacial score (nSPS) is 15.9. The molecule has 29 heavy (non-hydrogen) atoms. The molecule has 0 spiro atoms. The van der Waals surface area contributed by atoms with Crippen LogP contribution in [-0.2, 0) is 16.4 Å². The first-order valence-electron chi connectivity index (χ1n) is 9.28. The Balaban J connectivity index is 1.95.